The molecule has 3 rings (SSSR count). The van der Waals surface area contributed by atoms with Crippen LogP contribution in [0.25, 0.3) is 0 Å². The number of cyclic esters (lactones) is 1. The number of aliphatic hydroxyl groups is 2. The van der Waals surface area contributed by atoms with Crippen LogP contribution >= 0.6 is 0 Å². The van der Waals surface area contributed by atoms with E-state index in [1.54, 1.807) is 6.08 Å². The monoisotopic (exact) mass is 348 g/mol. The first-order valence-corrected chi connectivity index (χ1v) is 9.11. The van der Waals surface area contributed by atoms with Gasteiger partial charge in [-0.25, -0.2) is 4.79 Å². The van der Waals surface area contributed by atoms with Gasteiger partial charge in [-0.3, -0.25) is 0 Å². The number of hydrogen-bond acceptors (Lipinski definition) is 5. The number of aliphatic hydroxyl groups excluding tert-OH is 2. The molecule has 2 aliphatic carbocycles. The summed E-state index contributed by atoms with van der Waals surface area (Å²) in [6, 6.07) is 0. The Hall–Kier alpha value is -1.46. The minimum Gasteiger partial charge on any atom is -0.459 e. The summed E-state index contributed by atoms with van der Waals surface area (Å²) in [4.78, 5) is 23.6. The molecule has 0 amide bonds. The minimum atomic E-state index is -0.860. The van der Waals surface area contributed by atoms with Gasteiger partial charge < -0.3 is 19.7 Å². The van der Waals surface area contributed by atoms with E-state index in [-0.39, 0.29) is 23.9 Å². The molecular weight excluding hydrogens is 320 g/mol. The van der Waals surface area contributed by atoms with Crippen molar-refractivity contribution in [1.29, 1.82) is 0 Å². The van der Waals surface area contributed by atoms with Gasteiger partial charge in [-0.2, -0.15) is 0 Å². The maximum atomic E-state index is 11.8. The zero-order valence-electron chi connectivity index (χ0n) is 15.0. The first-order chi connectivity index (χ1) is 11.7. The second-order valence-electron chi connectivity index (χ2n) is 8.36. The molecule has 2 N–H and O–H groups in total. The molecule has 5 heteroatoms. The van der Waals surface area contributed by atoms with Crippen LogP contribution in [0.5, 0.6) is 0 Å². The maximum Gasteiger partial charge on any atom is 0.336 e. The lowest BCUT2D eigenvalue weighted by molar-refractivity contribution is -0.151. The Balaban J connectivity index is 1.90. The molecule has 3 fully saturated rings. The molecule has 0 aromatic heterocycles. The van der Waals surface area contributed by atoms with E-state index in [4.69, 9.17) is 4.74 Å². The number of esters is 1. The normalized spacial score (nSPS) is 46.0. The van der Waals surface area contributed by atoms with Gasteiger partial charge in [0.2, 0.25) is 0 Å². The highest BCUT2D eigenvalue weighted by atomic mass is 16.6. The molecule has 0 unspecified atom stereocenters. The van der Waals surface area contributed by atoms with Crippen LogP contribution < -0.4 is 0 Å². The standard InChI is InChI=1S/C20H28O5/c1-12-4-7-16-19(2,9-8-17(23)20(16,3)11-21)14(12)6-5-13-15(22)10-25-18(13)24/h5,11,14-17,22-23H,1,4,6-10H2,2-3H3/b13-5+/t14-,15-,16+,17-,19+,20+/m1/s1. The third kappa shape index (κ3) is 2.77. The molecule has 2 saturated carbocycles. The number of carbonyl (C=O) groups is 2. The van der Waals surface area contributed by atoms with E-state index in [0.717, 1.165) is 31.1 Å². The van der Waals surface area contributed by atoms with Crippen molar-refractivity contribution in [2.75, 3.05) is 6.61 Å². The summed E-state index contributed by atoms with van der Waals surface area (Å²) < 4.78 is 4.88. The highest BCUT2D eigenvalue weighted by Gasteiger charge is 2.57. The summed E-state index contributed by atoms with van der Waals surface area (Å²) in [5, 5.41) is 20.3. The Morgan fingerprint density at radius 2 is 2.04 bits per heavy atom. The molecule has 3 aliphatic rings. The topological polar surface area (TPSA) is 83.8 Å². The van der Waals surface area contributed by atoms with E-state index < -0.39 is 23.6 Å². The van der Waals surface area contributed by atoms with Crippen molar-refractivity contribution < 1.29 is 24.5 Å². The molecule has 6 atom stereocenters. The number of aldehydes is 1. The number of allylic oxidation sites excluding steroid dienone is 2. The summed E-state index contributed by atoms with van der Waals surface area (Å²) in [6.45, 7) is 8.32. The van der Waals surface area contributed by atoms with Crippen molar-refractivity contribution in [2.24, 2.45) is 22.7 Å². The minimum absolute atomic E-state index is 0.0194. The Morgan fingerprint density at radius 3 is 2.64 bits per heavy atom. The van der Waals surface area contributed by atoms with Crippen LogP contribution in [-0.4, -0.2) is 41.3 Å². The van der Waals surface area contributed by atoms with Crippen molar-refractivity contribution in [3.63, 3.8) is 0 Å². The fraction of sp³-hybridized carbons (Fsp3) is 0.700. The summed E-state index contributed by atoms with van der Waals surface area (Å²) in [6.07, 6.45) is 4.92. The van der Waals surface area contributed by atoms with Crippen molar-refractivity contribution in [1.82, 2.24) is 0 Å². The van der Waals surface area contributed by atoms with E-state index in [0.29, 0.717) is 18.4 Å². The average molecular weight is 348 g/mol. The smallest absolute Gasteiger partial charge is 0.336 e. The van der Waals surface area contributed by atoms with Crippen LogP contribution in [0.3, 0.4) is 0 Å². The quantitative estimate of drug-likeness (QED) is 0.353. The molecule has 0 aromatic rings. The fourth-order valence-corrected chi connectivity index (χ4v) is 5.43. The number of hydrogen-bond donors (Lipinski definition) is 2. The molecule has 138 valence electrons. The lowest BCUT2D eigenvalue weighted by Gasteiger charge is -2.58. The predicted octanol–water partition coefficient (Wildman–Crippen LogP) is 2.17. The summed E-state index contributed by atoms with van der Waals surface area (Å²) in [5.74, 6) is -0.255. The molecule has 25 heavy (non-hydrogen) atoms. The Bertz CT molecular complexity index is 624. The first-order valence-electron chi connectivity index (χ1n) is 9.11. The SMILES string of the molecule is C=C1CC[C@@H]2[C@](C)(C=O)[C@H](O)CC[C@@]2(C)[C@@H]1C/C=C1/C(=O)OC[C@H]1O. The van der Waals surface area contributed by atoms with E-state index in [1.165, 1.54) is 0 Å². The van der Waals surface area contributed by atoms with Crippen LogP contribution in [0.2, 0.25) is 0 Å². The number of ether oxygens (including phenoxy) is 1. The van der Waals surface area contributed by atoms with Crippen LogP contribution in [-0.2, 0) is 14.3 Å². The second kappa shape index (κ2) is 6.36. The van der Waals surface area contributed by atoms with Crippen LogP contribution in [0.15, 0.2) is 23.8 Å². The van der Waals surface area contributed by atoms with Gasteiger partial charge in [0, 0.05) is 0 Å². The van der Waals surface area contributed by atoms with Gasteiger partial charge in [0.1, 0.15) is 19.0 Å². The predicted molar refractivity (Wildman–Crippen MR) is 92.5 cm³/mol. The van der Waals surface area contributed by atoms with E-state index >= 15 is 0 Å². The molecule has 1 saturated heterocycles. The highest BCUT2D eigenvalue weighted by molar-refractivity contribution is 5.91. The highest BCUT2D eigenvalue weighted by Crippen LogP contribution is 2.61. The molecule has 0 bridgehead atoms. The Kier molecular flexibility index (Phi) is 4.67. The van der Waals surface area contributed by atoms with E-state index in [1.807, 2.05) is 6.92 Å². The summed E-state index contributed by atoms with van der Waals surface area (Å²) in [5.41, 5.74) is 0.549. The van der Waals surface area contributed by atoms with E-state index in [2.05, 4.69) is 13.5 Å². The Labute approximate surface area is 148 Å². The van der Waals surface area contributed by atoms with Gasteiger partial charge in [0.25, 0.3) is 0 Å². The van der Waals surface area contributed by atoms with Gasteiger partial charge in [-0.05, 0) is 49.4 Å². The van der Waals surface area contributed by atoms with E-state index in [9.17, 15) is 19.8 Å². The average Bonchev–Trinajstić information content (AvgIpc) is 2.89. The molecule has 1 aliphatic heterocycles. The van der Waals surface area contributed by atoms with Crippen LogP contribution in [0, 0.1) is 22.7 Å². The first kappa shape index (κ1) is 18.3. The molecule has 0 aromatic carbocycles. The van der Waals surface area contributed by atoms with Crippen molar-refractivity contribution in [2.45, 2.75) is 58.2 Å². The maximum absolute atomic E-state index is 11.8. The van der Waals surface area contributed by atoms with Gasteiger partial charge in [0.05, 0.1) is 17.1 Å². The summed E-state index contributed by atoms with van der Waals surface area (Å²) in [7, 11) is 0. The van der Waals surface area contributed by atoms with Crippen molar-refractivity contribution in [3.8, 4) is 0 Å². The van der Waals surface area contributed by atoms with Gasteiger partial charge in [-0.1, -0.05) is 32.1 Å². The van der Waals surface area contributed by atoms with Crippen molar-refractivity contribution >= 4 is 12.3 Å². The lowest BCUT2D eigenvalue weighted by Crippen LogP contribution is -2.56. The third-order valence-electron chi connectivity index (χ3n) is 7.06. The third-order valence-corrected chi connectivity index (χ3v) is 7.06. The number of rotatable bonds is 3. The van der Waals surface area contributed by atoms with Crippen molar-refractivity contribution in [3.05, 3.63) is 23.8 Å². The number of carbonyl (C=O) groups excluding carboxylic acids is 2. The largest absolute Gasteiger partial charge is 0.459 e. The zero-order chi connectivity index (χ0) is 18.4. The van der Waals surface area contributed by atoms with Crippen LogP contribution in [0.4, 0.5) is 0 Å². The fourth-order valence-electron chi connectivity index (χ4n) is 5.43. The van der Waals surface area contributed by atoms with Gasteiger partial charge >= 0.3 is 5.97 Å². The molecular formula is C20H28O5. The zero-order valence-corrected chi connectivity index (χ0v) is 15.0. The molecule has 0 spiro atoms. The molecule has 5 nitrogen and oxygen atoms in total. The lowest BCUT2D eigenvalue weighted by atomic mass is 9.46. The van der Waals surface area contributed by atoms with Gasteiger partial charge in [0.15, 0.2) is 0 Å². The number of fused-ring (bicyclic) bond motifs is 1. The Morgan fingerprint density at radius 1 is 1.32 bits per heavy atom. The van der Waals surface area contributed by atoms with Crippen LogP contribution in [0.1, 0.15) is 46.0 Å². The molecule has 1 heterocycles. The second-order valence-corrected chi connectivity index (χ2v) is 8.36. The van der Waals surface area contributed by atoms with Gasteiger partial charge in [-0.15, -0.1) is 0 Å². The molecule has 0 radical (unpaired) electrons. The summed E-state index contributed by atoms with van der Waals surface area (Å²) >= 11 is 0.